The zero-order chi connectivity index (χ0) is 16.7. The van der Waals surface area contributed by atoms with Crippen molar-refractivity contribution in [2.45, 2.75) is 24.8 Å². The van der Waals surface area contributed by atoms with Gasteiger partial charge in [-0.25, -0.2) is 9.18 Å². The van der Waals surface area contributed by atoms with E-state index in [0.717, 1.165) is 0 Å². The SMILES string of the molecule is O=C1N[C@H](c2c(F)cc(C(F)(F)F)cc2C(F)(F)F)CCO1. The van der Waals surface area contributed by atoms with Crippen LogP contribution in [-0.4, -0.2) is 12.7 Å². The molecule has 22 heavy (non-hydrogen) atoms. The maximum Gasteiger partial charge on any atom is 0.416 e. The normalized spacial score (nSPS) is 19.6. The summed E-state index contributed by atoms with van der Waals surface area (Å²) >= 11 is 0. The topological polar surface area (TPSA) is 38.3 Å². The molecule has 1 aliphatic heterocycles. The third kappa shape index (κ3) is 3.25. The molecule has 0 saturated carbocycles. The predicted molar refractivity (Wildman–Crippen MR) is 58.2 cm³/mol. The zero-order valence-electron chi connectivity index (χ0n) is 10.6. The molecule has 1 fully saturated rings. The second-order valence-electron chi connectivity index (χ2n) is 4.54. The summed E-state index contributed by atoms with van der Waals surface area (Å²) in [6, 6.07) is -1.60. The quantitative estimate of drug-likeness (QED) is 0.789. The van der Waals surface area contributed by atoms with Crippen molar-refractivity contribution in [3.63, 3.8) is 0 Å². The number of cyclic esters (lactones) is 1. The molecule has 1 saturated heterocycles. The number of ether oxygens (including phenoxy) is 1. The fourth-order valence-corrected chi connectivity index (χ4v) is 2.11. The third-order valence-electron chi connectivity index (χ3n) is 3.04. The first-order valence-electron chi connectivity index (χ1n) is 5.91. The first-order valence-corrected chi connectivity index (χ1v) is 5.91. The summed E-state index contributed by atoms with van der Waals surface area (Å²) in [5.74, 6) is -1.69. The summed E-state index contributed by atoms with van der Waals surface area (Å²) in [6.45, 7) is -0.270. The summed E-state index contributed by atoms with van der Waals surface area (Å²) in [4.78, 5) is 11.0. The molecule has 0 unspecified atom stereocenters. The van der Waals surface area contributed by atoms with Gasteiger partial charge in [0.1, 0.15) is 5.82 Å². The summed E-state index contributed by atoms with van der Waals surface area (Å²) < 4.78 is 94.9. The molecule has 1 N–H and O–H groups in total. The predicted octanol–water partition coefficient (Wildman–Crippen LogP) is 4.03. The van der Waals surface area contributed by atoms with Crippen molar-refractivity contribution in [2.24, 2.45) is 0 Å². The molecule has 2 rings (SSSR count). The molecule has 0 bridgehead atoms. The van der Waals surface area contributed by atoms with E-state index in [1.807, 2.05) is 5.32 Å². The van der Waals surface area contributed by atoms with Gasteiger partial charge in [-0.2, -0.15) is 26.3 Å². The second-order valence-corrected chi connectivity index (χ2v) is 4.54. The maximum absolute atomic E-state index is 13.9. The Balaban J connectivity index is 2.59. The number of halogens is 7. The number of hydrogen-bond donors (Lipinski definition) is 1. The highest BCUT2D eigenvalue weighted by atomic mass is 19.4. The first-order chi connectivity index (χ1) is 10.00. The number of carbonyl (C=O) groups excluding carboxylic acids is 1. The van der Waals surface area contributed by atoms with E-state index in [1.165, 1.54) is 0 Å². The first kappa shape index (κ1) is 16.4. The molecular weight excluding hydrogens is 323 g/mol. The van der Waals surface area contributed by atoms with Crippen LogP contribution < -0.4 is 5.32 Å². The van der Waals surface area contributed by atoms with Crippen LogP contribution in [0.15, 0.2) is 12.1 Å². The summed E-state index contributed by atoms with van der Waals surface area (Å²) in [5.41, 5.74) is -4.55. The largest absolute Gasteiger partial charge is 0.449 e. The third-order valence-corrected chi connectivity index (χ3v) is 3.04. The molecule has 1 aromatic rings. The van der Waals surface area contributed by atoms with Gasteiger partial charge in [0.2, 0.25) is 0 Å². The molecule has 0 radical (unpaired) electrons. The molecule has 1 heterocycles. The molecular formula is C12H8F7NO2. The van der Waals surface area contributed by atoms with E-state index in [2.05, 4.69) is 4.74 Å². The van der Waals surface area contributed by atoms with Crippen LogP contribution in [0.4, 0.5) is 35.5 Å². The Hall–Kier alpha value is -2.00. The molecule has 3 nitrogen and oxygen atoms in total. The van der Waals surface area contributed by atoms with Gasteiger partial charge in [0, 0.05) is 12.0 Å². The van der Waals surface area contributed by atoms with Gasteiger partial charge in [-0.3, -0.25) is 0 Å². The Morgan fingerprint density at radius 1 is 1.09 bits per heavy atom. The molecule has 1 atom stereocenters. The Labute approximate surface area is 119 Å². The summed E-state index contributed by atoms with van der Waals surface area (Å²) in [7, 11) is 0. The van der Waals surface area contributed by atoms with Crippen LogP contribution in [0.3, 0.4) is 0 Å². The standard InChI is InChI=1S/C12H8F7NO2/c13-7-4-5(11(14,15)16)3-6(12(17,18)19)9(7)8-1-2-22-10(21)20-8/h3-4,8H,1-2H2,(H,20,21)/t8-/m0/s1. The number of alkyl carbamates (subject to hydrolysis) is 1. The van der Waals surface area contributed by atoms with Gasteiger partial charge in [-0.05, 0) is 12.1 Å². The fraction of sp³-hybridized carbons (Fsp3) is 0.417. The number of amides is 1. The van der Waals surface area contributed by atoms with Crippen LogP contribution in [0.25, 0.3) is 0 Å². The van der Waals surface area contributed by atoms with E-state index in [9.17, 15) is 35.5 Å². The van der Waals surface area contributed by atoms with Gasteiger partial charge in [0.15, 0.2) is 0 Å². The minimum absolute atomic E-state index is 0.0216. The van der Waals surface area contributed by atoms with Crippen LogP contribution in [0.2, 0.25) is 0 Å². The maximum atomic E-state index is 13.9. The van der Waals surface area contributed by atoms with Gasteiger partial charge in [-0.15, -0.1) is 0 Å². The Morgan fingerprint density at radius 2 is 1.73 bits per heavy atom. The lowest BCUT2D eigenvalue weighted by atomic mass is 9.94. The molecule has 1 amide bonds. The van der Waals surface area contributed by atoms with Crippen molar-refractivity contribution in [2.75, 3.05) is 6.61 Å². The Kier molecular flexibility index (Phi) is 3.96. The minimum atomic E-state index is -5.21. The van der Waals surface area contributed by atoms with E-state index < -0.39 is 47.0 Å². The molecule has 0 spiro atoms. The molecule has 10 heteroatoms. The number of carbonyl (C=O) groups is 1. The molecule has 122 valence electrons. The van der Waals surface area contributed by atoms with Crippen LogP contribution in [-0.2, 0) is 17.1 Å². The van der Waals surface area contributed by atoms with Crippen molar-refractivity contribution in [3.05, 3.63) is 34.6 Å². The van der Waals surface area contributed by atoms with Gasteiger partial charge >= 0.3 is 18.4 Å². The van der Waals surface area contributed by atoms with Crippen molar-refractivity contribution < 1.29 is 40.3 Å². The van der Waals surface area contributed by atoms with Crippen LogP contribution in [0.1, 0.15) is 29.2 Å². The average molecular weight is 331 g/mol. The Bertz CT molecular complexity index is 594. The number of benzene rings is 1. The van der Waals surface area contributed by atoms with E-state index in [4.69, 9.17) is 0 Å². The van der Waals surface area contributed by atoms with E-state index in [1.54, 1.807) is 0 Å². The molecule has 0 aromatic heterocycles. The lowest BCUT2D eigenvalue weighted by Gasteiger charge is -2.27. The van der Waals surface area contributed by atoms with Crippen molar-refractivity contribution in [1.29, 1.82) is 0 Å². The zero-order valence-corrected chi connectivity index (χ0v) is 10.6. The van der Waals surface area contributed by atoms with E-state index >= 15 is 0 Å². The van der Waals surface area contributed by atoms with Gasteiger partial charge in [0.05, 0.1) is 23.8 Å². The van der Waals surface area contributed by atoms with E-state index in [-0.39, 0.29) is 25.2 Å². The minimum Gasteiger partial charge on any atom is -0.449 e. The van der Waals surface area contributed by atoms with E-state index in [0.29, 0.717) is 0 Å². The summed E-state index contributed by atoms with van der Waals surface area (Å²) in [6.07, 6.45) is -11.6. The Morgan fingerprint density at radius 3 is 2.23 bits per heavy atom. The lowest BCUT2D eigenvalue weighted by Crippen LogP contribution is -2.37. The highest BCUT2D eigenvalue weighted by Crippen LogP contribution is 2.41. The van der Waals surface area contributed by atoms with Crippen LogP contribution >= 0.6 is 0 Å². The fourth-order valence-electron chi connectivity index (χ4n) is 2.11. The molecule has 1 aliphatic rings. The van der Waals surface area contributed by atoms with Gasteiger partial charge in [-0.1, -0.05) is 0 Å². The second kappa shape index (κ2) is 5.33. The highest BCUT2D eigenvalue weighted by molar-refractivity contribution is 5.68. The van der Waals surface area contributed by atoms with Crippen LogP contribution in [0.5, 0.6) is 0 Å². The number of nitrogens with one attached hydrogen (secondary N) is 1. The number of hydrogen-bond acceptors (Lipinski definition) is 2. The summed E-state index contributed by atoms with van der Waals surface area (Å²) in [5, 5.41) is 1.96. The lowest BCUT2D eigenvalue weighted by molar-refractivity contribution is -0.144. The highest BCUT2D eigenvalue weighted by Gasteiger charge is 2.42. The van der Waals surface area contributed by atoms with Crippen LogP contribution in [0, 0.1) is 5.82 Å². The van der Waals surface area contributed by atoms with Gasteiger partial charge in [0.25, 0.3) is 0 Å². The van der Waals surface area contributed by atoms with Crippen molar-refractivity contribution in [1.82, 2.24) is 5.32 Å². The number of alkyl halides is 6. The number of rotatable bonds is 1. The van der Waals surface area contributed by atoms with Gasteiger partial charge < -0.3 is 10.1 Å². The smallest absolute Gasteiger partial charge is 0.416 e. The van der Waals surface area contributed by atoms with Crippen molar-refractivity contribution in [3.8, 4) is 0 Å². The average Bonchev–Trinajstić information content (AvgIpc) is 2.35. The molecule has 1 aromatic carbocycles. The molecule has 0 aliphatic carbocycles. The van der Waals surface area contributed by atoms with Crippen molar-refractivity contribution >= 4 is 6.09 Å². The monoisotopic (exact) mass is 331 g/mol.